The van der Waals surface area contributed by atoms with Crippen LogP contribution in [-0.4, -0.2) is 40.9 Å². The van der Waals surface area contributed by atoms with E-state index >= 15 is 0 Å². The maximum atomic E-state index is 13.8. The standard InChI is InChI=1S/C17H23BrFNO3/c1-17(2,3)23-16(22)20-7-6-11(10-20)15(21)9-12-8-13(18)4-5-14(12)19/h4-5,8,11,15,21H,6-7,9-10H2,1-3H3. The van der Waals surface area contributed by atoms with Gasteiger partial charge in [0.25, 0.3) is 0 Å². The van der Waals surface area contributed by atoms with E-state index in [2.05, 4.69) is 15.9 Å². The number of aliphatic hydroxyl groups is 1. The molecule has 1 saturated heterocycles. The summed E-state index contributed by atoms with van der Waals surface area (Å²) in [6.07, 6.45) is -0.124. The quantitative estimate of drug-likeness (QED) is 0.858. The number of benzene rings is 1. The molecular formula is C17H23BrFNO3. The van der Waals surface area contributed by atoms with Crippen LogP contribution in [0.4, 0.5) is 9.18 Å². The summed E-state index contributed by atoms with van der Waals surface area (Å²) in [5, 5.41) is 10.4. The van der Waals surface area contributed by atoms with Crippen molar-refractivity contribution in [2.24, 2.45) is 5.92 Å². The number of carbonyl (C=O) groups is 1. The summed E-state index contributed by atoms with van der Waals surface area (Å²) in [6, 6.07) is 4.69. The zero-order valence-corrected chi connectivity index (χ0v) is 15.3. The second kappa shape index (κ2) is 7.18. The topological polar surface area (TPSA) is 49.8 Å². The van der Waals surface area contributed by atoms with Crippen LogP contribution >= 0.6 is 15.9 Å². The van der Waals surface area contributed by atoms with Gasteiger partial charge in [-0.25, -0.2) is 9.18 Å². The Morgan fingerprint density at radius 1 is 1.52 bits per heavy atom. The van der Waals surface area contributed by atoms with Crippen molar-refractivity contribution in [2.45, 2.75) is 45.3 Å². The van der Waals surface area contributed by atoms with E-state index in [0.29, 0.717) is 25.1 Å². The summed E-state index contributed by atoms with van der Waals surface area (Å²) in [4.78, 5) is 13.6. The third-order valence-corrected chi connectivity index (χ3v) is 4.35. The maximum Gasteiger partial charge on any atom is 0.410 e. The van der Waals surface area contributed by atoms with E-state index in [-0.39, 0.29) is 24.2 Å². The predicted octanol–water partition coefficient (Wildman–Crippen LogP) is 3.75. The number of nitrogens with zero attached hydrogens (tertiary/aromatic N) is 1. The molecule has 6 heteroatoms. The van der Waals surface area contributed by atoms with Crippen LogP contribution in [0.25, 0.3) is 0 Å². The van der Waals surface area contributed by atoms with Gasteiger partial charge >= 0.3 is 6.09 Å². The minimum atomic E-state index is -0.689. The van der Waals surface area contributed by atoms with Crippen LogP contribution < -0.4 is 0 Å². The van der Waals surface area contributed by atoms with E-state index in [1.165, 1.54) is 6.07 Å². The molecule has 0 aliphatic carbocycles. The lowest BCUT2D eigenvalue weighted by Gasteiger charge is -2.25. The third kappa shape index (κ3) is 5.18. The minimum absolute atomic E-state index is 0.0686. The molecule has 0 saturated carbocycles. The Bertz CT molecular complexity index is 573. The summed E-state index contributed by atoms with van der Waals surface area (Å²) in [7, 11) is 0. The summed E-state index contributed by atoms with van der Waals surface area (Å²) in [5.41, 5.74) is -0.0599. The van der Waals surface area contributed by atoms with Crippen LogP contribution in [0.3, 0.4) is 0 Å². The first-order chi connectivity index (χ1) is 10.7. The van der Waals surface area contributed by atoms with Gasteiger partial charge in [0.2, 0.25) is 0 Å². The lowest BCUT2D eigenvalue weighted by molar-refractivity contribution is 0.0268. The Morgan fingerprint density at radius 2 is 2.22 bits per heavy atom. The number of amides is 1. The van der Waals surface area contributed by atoms with E-state index in [1.807, 2.05) is 20.8 Å². The van der Waals surface area contributed by atoms with Crippen LogP contribution in [0, 0.1) is 11.7 Å². The fourth-order valence-electron chi connectivity index (χ4n) is 2.69. The Balaban J connectivity index is 1.93. The van der Waals surface area contributed by atoms with Crippen molar-refractivity contribution in [2.75, 3.05) is 13.1 Å². The summed E-state index contributed by atoms with van der Waals surface area (Å²) in [5.74, 6) is -0.393. The molecule has 2 atom stereocenters. The first-order valence-electron chi connectivity index (χ1n) is 7.75. The van der Waals surface area contributed by atoms with Crippen LogP contribution in [0.5, 0.6) is 0 Å². The van der Waals surface area contributed by atoms with Crippen molar-refractivity contribution in [3.8, 4) is 0 Å². The van der Waals surface area contributed by atoms with Gasteiger partial charge in [-0.3, -0.25) is 0 Å². The Kier molecular flexibility index (Phi) is 5.68. The molecule has 0 spiro atoms. The molecule has 4 nitrogen and oxygen atoms in total. The molecule has 1 N–H and O–H groups in total. The molecular weight excluding hydrogens is 365 g/mol. The normalized spacial score (nSPS) is 19.7. The number of halogens is 2. The number of carbonyl (C=O) groups excluding carboxylic acids is 1. The number of hydrogen-bond donors (Lipinski definition) is 1. The van der Waals surface area contributed by atoms with Gasteiger partial charge in [0, 0.05) is 29.9 Å². The van der Waals surface area contributed by atoms with Crippen molar-refractivity contribution >= 4 is 22.0 Å². The molecule has 23 heavy (non-hydrogen) atoms. The van der Waals surface area contributed by atoms with Gasteiger partial charge in [-0.2, -0.15) is 0 Å². The molecule has 0 radical (unpaired) electrons. The minimum Gasteiger partial charge on any atom is -0.444 e. The van der Waals surface area contributed by atoms with E-state index in [0.717, 1.165) is 4.47 Å². The van der Waals surface area contributed by atoms with E-state index in [1.54, 1.807) is 17.0 Å². The number of likely N-dealkylation sites (tertiary alicyclic amines) is 1. The van der Waals surface area contributed by atoms with Gasteiger partial charge in [-0.05, 0) is 51.0 Å². The average Bonchev–Trinajstić information content (AvgIpc) is 2.91. The van der Waals surface area contributed by atoms with Gasteiger partial charge < -0.3 is 14.7 Å². The van der Waals surface area contributed by atoms with Crippen LogP contribution in [0.2, 0.25) is 0 Å². The number of rotatable bonds is 3. The smallest absolute Gasteiger partial charge is 0.410 e. The predicted molar refractivity (Wildman–Crippen MR) is 89.7 cm³/mol. The largest absolute Gasteiger partial charge is 0.444 e. The molecule has 1 aromatic rings. The van der Waals surface area contributed by atoms with Gasteiger partial charge in [-0.15, -0.1) is 0 Å². The van der Waals surface area contributed by atoms with Crippen molar-refractivity contribution in [1.82, 2.24) is 4.90 Å². The number of aliphatic hydroxyl groups excluding tert-OH is 1. The summed E-state index contributed by atoms with van der Waals surface area (Å²) < 4.78 is 19.9. The average molecular weight is 388 g/mol. The first kappa shape index (κ1) is 18.2. The third-order valence-electron chi connectivity index (χ3n) is 3.86. The molecule has 0 aromatic heterocycles. The molecule has 128 valence electrons. The molecule has 1 aliphatic rings. The van der Waals surface area contributed by atoms with E-state index in [9.17, 15) is 14.3 Å². The summed E-state index contributed by atoms with van der Waals surface area (Å²) in [6.45, 7) is 6.46. The molecule has 1 amide bonds. The summed E-state index contributed by atoms with van der Waals surface area (Å²) >= 11 is 3.31. The van der Waals surface area contributed by atoms with Crippen molar-refractivity contribution in [3.63, 3.8) is 0 Å². The second-order valence-corrected chi connectivity index (χ2v) is 7.90. The van der Waals surface area contributed by atoms with Crippen LogP contribution in [0.1, 0.15) is 32.8 Å². The first-order valence-corrected chi connectivity index (χ1v) is 8.55. The lowest BCUT2D eigenvalue weighted by Crippen LogP contribution is -2.36. The highest BCUT2D eigenvalue weighted by atomic mass is 79.9. The zero-order chi connectivity index (χ0) is 17.2. The molecule has 0 bridgehead atoms. The SMILES string of the molecule is CC(C)(C)OC(=O)N1CCC(C(O)Cc2cc(Br)ccc2F)C1. The van der Waals surface area contributed by atoms with E-state index < -0.39 is 11.7 Å². The van der Waals surface area contributed by atoms with Gasteiger partial charge in [0.15, 0.2) is 0 Å². The fourth-order valence-corrected chi connectivity index (χ4v) is 3.09. The second-order valence-electron chi connectivity index (χ2n) is 6.98. The highest BCUT2D eigenvalue weighted by molar-refractivity contribution is 9.10. The molecule has 2 rings (SSSR count). The Morgan fingerprint density at radius 3 is 2.87 bits per heavy atom. The van der Waals surface area contributed by atoms with Crippen molar-refractivity contribution in [3.05, 3.63) is 34.1 Å². The van der Waals surface area contributed by atoms with Crippen molar-refractivity contribution in [1.29, 1.82) is 0 Å². The van der Waals surface area contributed by atoms with E-state index in [4.69, 9.17) is 4.74 Å². The number of ether oxygens (including phenoxy) is 1. The van der Waals surface area contributed by atoms with Gasteiger partial charge in [0.05, 0.1) is 6.10 Å². The Hall–Kier alpha value is -1.14. The highest BCUT2D eigenvalue weighted by Crippen LogP contribution is 2.25. The molecule has 1 aliphatic heterocycles. The number of hydrogen-bond acceptors (Lipinski definition) is 3. The highest BCUT2D eigenvalue weighted by Gasteiger charge is 2.33. The van der Waals surface area contributed by atoms with Crippen LogP contribution in [-0.2, 0) is 11.2 Å². The fraction of sp³-hybridized carbons (Fsp3) is 0.588. The molecule has 1 heterocycles. The van der Waals surface area contributed by atoms with Gasteiger partial charge in [0.1, 0.15) is 11.4 Å². The zero-order valence-electron chi connectivity index (χ0n) is 13.7. The maximum absolute atomic E-state index is 13.8. The monoisotopic (exact) mass is 387 g/mol. The van der Waals surface area contributed by atoms with Gasteiger partial charge in [-0.1, -0.05) is 15.9 Å². The lowest BCUT2D eigenvalue weighted by atomic mass is 9.95. The molecule has 1 aromatic carbocycles. The Labute approximate surface area is 144 Å². The molecule has 2 unspecified atom stereocenters. The molecule has 1 fully saturated rings. The van der Waals surface area contributed by atoms with Crippen LogP contribution in [0.15, 0.2) is 22.7 Å². The van der Waals surface area contributed by atoms with Crippen molar-refractivity contribution < 1.29 is 19.0 Å².